The van der Waals surface area contributed by atoms with Crippen molar-refractivity contribution in [3.8, 4) is 0 Å². The maximum absolute atomic E-state index is 12.9. The lowest BCUT2D eigenvalue weighted by atomic mass is 9.81. The van der Waals surface area contributed by atoms with Gasteiger partial charge in [-0.25, -0.2) is 0 Å². The molecule has 174 valence electrons. The Morgan fingerprint density at radius 3 is 2.26 bits per heavy atom. The van der Waals surface area contributed by atoms with Crippen LogP contribution in [0.3, 0.4) is 0 Å². The first kappa shape index (κ1) is 25.1. The Labute approximate surface area is 181 Å². The zero-order valence-electron chi connectivity index (χ0n) is 18.4. The number of amides is 1. The molecule has 0 unspecified atom stereocenters. The van der Waals surface area contributed by atoms with Gasteiger partial charge in [-0.1, -0.05) is 0 Å². The molecular formula is C22H32F3N3O3. The average Bonchev–Trinajstić information content (AvgIpc) is 2.70. The van der Waals surface area contributed by atoms with Crippen molar-refractivity contribution in [2.24, 2.45) is 11.8 Å². The molecule has 1 aromatic rings. The minimum Gasteiger partial charge on any atom is -0.481 e. The van der Waals surface area contributed by atoms with Crippen LogP contribution in [0, 0.1) is 11.8 Å². The monoisotopic (exact) mass is 443 g/mol. The fraction of sp³-hybridized carbons (Fsp3) is 0.636. The molecule has 1 amide bonds. The number of hydrogen-bond acceptors (Lipinski definition) is 4. The normalized spacial score (nSPS) is 19.8. The number of likely N-dealkylation sites (tertiary alicyclic amines) is 1. The van der Waals surface area contributed by atoms with Gasteiger partial charge in [0.15, 0.2) is 0 Å². The van der Waals surface area contributed by atoms with Crippen molar-refractivity contribution in [1.82, 2.24) is 14.7 Å². The highest BCUT2D eigenvalue weighted by Crippen LogP contribution is 2.32. The van der Waals surface area contributed by atoms with Crippen molar-refractivity contribution < 1.29 is 27.9 Å². The van der Waals surface area contributed by atoms with Crippen molar-refractivity contribution in [3.05, 3.63) is 35.4 Å². The van der Waals surface area contributed by atoms with Gasteiger partial charge in [0.25, 0.3) is 5.91 Å². The van der Waals surface area contributed by atoms with Gasteiger partial charge in [-0.2, -0.15) is 13.2 Å². The highest BCUT2D eigenvalue weighted by Gasteiger charge is 2.34. The van der Waals surface area contributed by atoms with Crippen LogP contribution in [0.1, 0.15) is 35.2 Å². The van der Waals surface area contributed by atoms with Gasteiger partial charge in [-0.15, -0.1) is 0 Å². The van der Waals surface area contributed by atoms with Gasteiger partial charge >= 0.3 is 12.1 Å². The average molecular weight is 444 g/mol. The Morgan fingerprint density at radius 2 is 1.71 bits per heavy atom. The van der Waals surface area contributed by atoms with Crippen LogP contribution >= 0.6 is 0 Å². The quantitative estimate of drug-likeness (QED) is 0.635. The SMILES string of the molecule is CN(C)CCN(C)CC[C@@H]1CN(C(=O)c2ccc(C(F)(F)F)cc2)CC[C@H]1CC(=O)O. The highest BCUT2D eigenvalue weighted by molar-refractivity contribution is 5.94. The first-order valence-corrected chi connectivity index (χ1v) is 10.5. The van der Waals surface area contributed by atoms with E-state index in [4.69, 9.17) is 0 Å². The fourth-order valence-electron chi connectivity index (χ4n) is 3.94. The molecule has 0 bridgehead atoms. The Bertz CT molecular complexity index is 738. The number of piperidine rings is 1. The smallest absolute Gasteiger partial charge is 0.416 e. The number of hydrogen-bond donors (Lipinski definition) is 1. The first-order chi connectivity index (χ1) is 14.5. The maximum atomic E-state index is 12.9. The molecule has 9 heteroatoms. The van der Waals surface area contributed by atoms with E-state index in [1.54, 1.807) is 4.90 Å². The predicted molar refractivity (Wildman–Crippen MR) is 112 cm³/mol. The molecule has 6 nitrogen and oxygen atoms in total. The number of halogens is 3. The Kier molecular flexibility index (Phi) is 8.88. The number of carboxylic acids is 1. The summed E-state index contributed by atoms with van der Waals surface area (Å²) in [5.74, 6) is -1.15. The summed E-state index contributed by atoms with van der Waals surface area (Å²) in [4.78, 5) is 30.1. The van der Waals surface area contributed by atoms with E-state index >= 15 is 0 Å². The van der Waals surface area contributed by atoms with E-state index in [0.717, 1.165) is 38.2 Å². The van der Waals surface area contributed by atoms with Crippen LogP contribution in [-0.2, 0) is 11.0 Å². The molecule has 0 aromatic heterocycles. The van der Waals surface area contributed by atoms with Gasteiger partial charge < -0.3 is 19.8 Å². The number of likely N-dealkylation sites (N-methyl/N-ethyl adjacent to an activating group) is 2. The van der Waals surface area contributed by atoms with Gasteiger partial charge in [-0.3, -0.25) is 9.59 Å². The minimum atomic E-state index is -4.44. The van der Waals surface area contributed by atoms with Crippen LogP contribution in [0.2, 0.25) is 0 Å². The molecule has 0 saturated carbocycles. The van der Waals surface area contributed by atoms with Gasteiger partial charge in [0.1, 0.15) is 0 Å². The summed E-state index contributed by atoms with van der Waals surface area (Å²) < 4.78 is 38.3. The molecule has 1 saturated heterocycles. The van der Waals surface area contributed by atoms with Gasteiger partial charge in [0.05, 0.1) is 5.56 Å². The summed E-state index contributed by atoms with van der Waals surface area (Å²) in [6.07, 6.45) is -3.04. The summed E-state index contributed by atoms with van der Waals surface area (Å²) in [6.45, 7) is 3.41. The van der Waals surface area contributed by atoms with E-state index in [0.29, 0.717) is 19.5 Å². The van der Waals surface area contributed by atoms with Crippen LogP contribution in [0.4, 0.5) is 13.2 Å². The van der Waals surface area contributed by atoms with Crippen LogP contribution < -0.4 is 0 Å². The molecule has 1 fully saturated rings. The van der Waals surface area contributed by atoms with Gasteiger partial charge in [0, 0.05) is 38.2 Å². The third kappa shape index (κ3) is 7.81. The summed E-state index contributed by atoms with van der Waals surface area (Å²) in [6, 6.07) is 4.25. The molecule has 1 heterocycles. The molecule has 1 aliphatic heterocycles. The first-order valence-electron chi connectivity index (χ1n) is 10.5. The standard InChI is InChI=1S/C22H32F3N3O3/c1-26(2)12-13-27(3)10-8-18-15-28(11-9-17(18)14-20(29)30)21(31)16-4-6-19(7-5-16)22(23,24)25/h4-7,17-18H,8-15H2,1-3H3,(H,29,30)/t17-,18+/m0/s1. The van der Waals surface area contributed by atoms with E-state index in [1.807, 2.05) is 21.1 Å². The van der Waals surface area contributed by atoms with Crippen molar-refractivity contribution in [1.29, 1.82) is 0 Å². The van der Waals surface area contributed by atoms with E-state index in [9.17, 15) is 27.9 Å². The number of rotatable bonds is 9. The molecule has 31 heavy (non-hydrogen) atoms. The lowest BCUT2D eigenvalue weighted by molar-refractivity contribution is -0.139. The molecule has 0 spiro atoms. The number of aliphatic carboxylic acids is 1. The summed E-state index contributed by atoms with van der Waals surface area (Å²) in [7, 11) is 6.02. The highest BCUT2D eigenvalue weighted by atomic mass is 19.4. The zero-order chi connectivity index (χ0) is 23.2. The van der Waals surface area contributed by atoms with Crippen molar-refractivity contribution in [2.45, 2.75) is 25.4 Å². The predicted octanol–water partition coefficient (Wildman–Crippen LogP) is 3.14. The van der Waals surface area contributed by atoms with E-state index in [-0.39, 0.29) is 29.7 Å². The van der Waals surface area contributed by atoms with Gasteiger partial charge in [0.2, 0.25) is 0 Å². The maximum Gasteiger partial charge on any atom is 0.416 e. The number of carboxylic acid groups (broad SMARTS) is 1. The van der Waals surface area contributed by atoms with Crippen LogP contribution in [0.15, 0.2) is 24.3 Å². The van der Waals surface area contributed by atoms with E-state index < -0.39 is 17.7 Å². The van der Waals surface area contributed by atoms with Crippen LogP contribution in [0.25, 0.3) is 0 Å². The third-order valence-electron chi connectivity index (χ3n) is 5.89. The molecule has 2 atom stereocenters. The number of carbonyl (C=O) groups is 2. The van der Waals surface area contributed by atoms with Crippen molar-refractivity contribution in [3.63, 3.8) is 0 Å². The number of nitrogens with zero attached hydrogens (tertiary/aromatic N) is 3. The zero-order valence-corrected chi connectivity index (χ0v) is 18.4. The van der Waals surface area contributed by atoms with Crippen molar-refractivity contribution in [2.75, 3.05) is 53.9 Å². The summed E-state index contributed by atoms with van der Waals surface area (Å²) in [5, 5.41) is 9.26. The summed E-state index contributed by atoms with van der Waals surface area (Å²) in [5.41, 5.74) is -0.575. The Morgan fingerprint density at radius 1 is 1.06 bits per heavy atom. The lowest BCUT2D eigenvalue weighted by Gasteiger charge is -2.39. The van der Waals surface area contributed by atoms with Crippen LogP contribution in [0.5, 0.6) is 0 Å². The molecule has 2 rings (SSSR count). The molecular weight excluding hydrogens is 411 g/mol. The Hall–Kier alpha value is -2.13. The lowest BCUT2D eigenvalue weighted by Crippen LogP contribution is -2.45. The van der Waals surface area contributed by atoms with Crippen molar-refractivity contribution >= 4 is 11.9 Å². The Balaban J connectivity index is 2.03. The third-order valence-corrected chi connectivity index (χ3v) is 5.89. The van der Waals surface area contributed by atoms with Gasteiger partial charge in [-0.05, 0) is 76.6 Å². The molecule has 0 radical (unpaired) electrons. The number of carbonyl (C=O) groups excluding carboxylic acids is 1. The van der Waals surface area contributed by atoms with E-state index in [2.05, 4.69) is 9.80 Å². The largest absolute Gasteiger partial charge is 0.481 e. The second kappa shape index (κ2) is 10.9. The second-order valence-electron chi connectivity index (χ2n) is 8.63. The molecule has 1 aliphatic rings. The van der Waals surface area contributed by atoms with Crippen LogP contribution in [-0.4, -0.2) is 85.5 Å². The molecule has 1 aromatic carbocycles. The molecule has 0 aliphatic carbocycles. The fourth-order valence-corrected chi connectivity index (χ4v) is 3.94. The topological polar surface area (TPSA) is 64.1 Å². The second-order valence-corrected chi connectivity index (χ2v) is 8.63. The summed E-state index contributed by atoms with van der Waals surface area (Å²) >= 11 is 0. The number of alkyl halides is 3. The molecule has 1 N–H and O–H groups in total. The number of benzene rings is 1. The van der Waals surface area contributed by atoms with E-state index in [1.165, 1.54) is 12.1 Å². The minimum absolute atomic E-state index is 0.0172.